The fourth-order valence-corrected chi connectivity index (χ4v) is 3.04. The molecule has 0 amide bonds. The number of anilines is 1. The van der Waals surface area contributed by atoms with E-state index in [9.17, 15) is 0 Å². The topological polar surface area (TPSA) is 47.0 Å². The number of nitrogens with one attached hydrogen (secondary N) is 1. The molecule has 21 heavy (non-hydrogen) atoms. The van der Waals surface area contributed by atoms with E-state index < -0.39 is 0 Å². The van der Waals surface area contributed by atoms with Gasteiger partial charge in [0.05, 0.1) is 5.39 Å². The van der Waals surface area contributed by atoms with Gasteiger partial charge in [-0.05, 0) is 31.0 Å². The molecule has 0 aliphatic rings. The summed E-state index contributed by atoms with van der Waals surface area (Å²) in [6.07, 6.45) is 0.986. The van der Waals surface area contributed by atoms with Crippen LogP contribution in [0.4, 0.5) is 5.95 Å². The highest BCUT2D eigenvalue weighted by Crippen LogP contribution is 2.34. The average Bonchev–Trinajstić information content (AvgIpc) is 2.92. The van der Waals surface area contributed by atoms with Gasteiger partial charge in [0.1, 0.15) is 10.6 Å². The molecule has 0 spiro atoms. The molecule has 0 aliphatic carbocycles. The van der Waals surface area contributed by atoms with Crippen molar-refractivity contribution in [1.29, 1.82) is 0 Å². The van der Waals surface area contributed by atoms with E-state index in [0.717, 1.165) is 28.0 Å². The second-order valence-corrected chi connectivity index (χ2v) is 5.87. The van der Waals surface area contributed by atoms with Gasteiger partial charge in [-0.3, -0.25) is 0 Å². The molecule has 0 aliphatic heterocycles. The molecule has 2 aromatic heterocycles. The summed E-state index contributed by atoms with van der Waals surface area (Å²) in [6.45, 7) is 4.16. The number of aromatic nitrogens is 2. The molecule has 0 fully saturated rings. The third-order valence-corrected chi connectivity index (χ3v) is 4.45. The molecule has 0 saturated heterocycles. The predicted molar refractivity (Wildman–Crippen MR) is 87.6 cm³/mol. The molecule has 3 aromatic rings. The van der Waals surface area contributed by atoms with E-state index in [2.05, 4.69) is 28.3 Å². The Hall–Kier alpha value is -2.14. The summed E-state index contributed by atoms with van der Waals surface area (Å²) >= 11 is 1.68. The molecule has 1 aromatic carbocycles. The van der Waals surface area contributed by atoms with Crippen LogP contribution in [0, 0.1) is 6.92 Å². The second-order valence-electron chi connectivity index (χ2n) is 4.76. The van der Waals surface area contributed by atoms with Crippen LogP contribution in [0.25, 0.3) is 10.2 Å². The van der Waals surface area contributed by atoms with Gasteiger partial charge in [0.15, 0.2) is 0 Å². The maximum absolute atomic E-state index is 6.04. The first-order chi connectivity index (χ1) is 10.2. The van der Waals surface area contributed by atoms with E-state index in [1.807, 2.05) is 38.2 Å². The Morgan fingerprint density at radius 3 is 2.76 bits per heavy atom. The maximum atomic E-state index is 6.04. The molecule has 2 heterocycles. The minimum absolute atomic E-state index is 0.579. The lowest BCUT2D eigenvalue weighted by atomic mass is 10.2. The smallest absolute Gasteiger partial charge is 0.232 e. The molecule has 4 nitrogen and oxygen atoms in total. The van der Waals surface area contributed by atoms with Gasteiger partial charge in [0.2, 0.25) is 11.8 Å². The van der Waals surface area contributed by atoms with E-state index in [1.165, 1.54) is 4.88 Å². The fraction of sp³-hybridized carbons (Fsp3) is 0.250. The Bertz CT molecular complexity index is 782. The summed E-state index contributed by atoms with van der Waals surface area (Å²) in [5.41, 5.74) is 1.08. The summed E-state index contributed by atoms with van der Waals surface area (Å²) < 4.78 is 6.04. The van der Waals surface area contributed by atoms with Crippen molar-refractivity contribution in [3.05, 3.63) is 40.8 Å². The zero-order valence-electron chi connectivity index (χ0n) is 12.3. The lowest BCUT2D eigenvalue weighted by Crippen LogP contribution is -1.98. The molecule has 0 unspecified atom stereocenters. The molecule has 3 rings (SSSR count). The molecule has 0 bridgehead atoms. The van der Waals surface area contributed by atoms with Crippen molar-refractivity contribution < 1.29 is 4.74 Å². The van der Waals surface area contributed by atoms with Crippen LogP contribution in [0.3, 0.4) is 0 Å². The second kappa shape index (κ2) is 5.69. The first kappa shape index (κ1) is 13.8. The van der Waals surface area contributed by atoms with Crippen LogP contribution < -0.4 is 10.1 Å². The first-order valence-corrected chi connectivity index (χ1v) is 7.74. The van der Waals surface area contributed by atoms with Crippen molar-refractivity contribution in [3.63, 3.8) is 0 Å². The summed E-state index contributed by atoms with van der Waals surface area (Å²) in [5, 5.41) is 3.96. The Kier molecular flexibility index (Phi) is 3.75. The molecule has 5 heteroatoms. The molecular weight excluding hydrogens is 282 g/mol. The number of fused-ring (bicyclic) bond motifs is 1. The van der Waals surface area contributed by atoms with Crippen molar-refractivity contribution >= 4 is 27.5 Å². The van der Waals surface area contributed by atoms with Gasteiger partial charge < -0.3 is 10.1 Å². The number of hydrogen-bond donors (Lipinski definition) is 1. The minimum Gasteiger partial charge on any atom is -0.438 e. The Morgan fingerprint density at radius 1 is 1.24 bits per heavy atom. The zero-order valence-corrected chi connectivity index (χ0v) is 13.1. The van der Waals surface area contributed by atoms with Gasteiger partial charge in [-0.2, -0.15) is 4.98 Å². The first-order valence-electron chi connectivity index (χ1n) is 6.93. The quantitative estimate of drug-likeness (QED) is 0.776. The van der Waals surface area contributed by atoms with Crippen LogP contribution in [-0.2, 0) is 6.42 Å². The number of rotatable bonds is 4. The van der Waals surface area contributed by atoms with Crippen molar-refractivity contribution in [2.45, 2.75) is 20.3 Å². The predicted octanol–water partition coefficient (Wildman–Crippen LogP) is 4.40. The van der Waals surface area contributed by atoms with Crippen LogP contribution in [-0.4, -0.2) is 17.0 Å². The number of para-hydroxylation sites is 1. The third kappa shape index (κ3) is 2.69. The van der Waals surface area contributed by atoms with Gasteiger partial charge in [-0.25, -0.2) is 4.98 Å². The lowest BCUT2D eigenvalue weighted by Gasteiger charge is -2.09. The van der Waals surface area contributed by atoms with E-state index >= 15 is 0 Å². The lowest BCUT2D eigenvalue weighted by molar-refractivity contribution is 0.465. The molecule has 0 radical (unpaired) electrons. The van der Waals surface area contributed by atoms with Gasteiger partial charge in [-0.15, -0.1) is 11.3 Å². The highest BCUT2D eigenvalue weighted by Gasteiger charge is 2.13. The normalized spacial score (nSPS) is 10.8. The summed E-state index contributed by atoms with van der Waals surface area (Å²) in [6, 6.07) is 10.1. The summed E-state index contributed by atoms with van der Waals surface area (Å²) in [5.74, 6) is 2.01. The number of benzene rings is 1. The van der Waals surface area contributed by atoms with Gasteiger partial charge in [0, 0.05) is 11.9 Å². The van der Waals surface area contributed by atoms with Crippen LogP contribution >= 0.6 is 11.3 Å². The van der Waals surface area contributed by atoms with Crippen molar-refractivity contribution in [3.8, 4) is 11.6 Å². The number of aryl methyl sites for hydroxylation is 2. The number of ether oxygens (including phenoxy) is 1. The fourth-order valence-electron chi connectivity index (χ4n) is 2.08. The van der Waals surface area contributed by atoms with Gasteiger partial charge >= 0.3 is 0 Å². The van der Waals surface area contributed by atoms with Crippen LogP contribution in [0.2, 0.25) is 0 Å². The Labute approximate surface area is 127 Å². The monoisotopic (exact) mass is 299 g/mol. The zero-order chi connectivity index (χ0) is 14.8. The van der Waals surface area contributed by atoms with E-state index in [1.54, 1.807) is 11.3 Å². The molecule has 0 atom stereocenters. The molecular formula is C16H17N3OS. The highest BCUT2D eigenvalue weighted by molar-refractivity contribution is 7.18. The Balaban J connectivity index is 2.11. The third-order valence-electron chi connectivity index (χ3n) is 3.28. The van der Waals surface area contributed by atoms with E-state index in [4.69, 9.17) is 4.74 Å². The SMILES string of the molecule is CCc1cc2c(Oc3ccccc3C)nc(NC)nc2s1. The maximum Gasteiger partial charge on any atom is 0.232 e. The summed E-state index contributed by atoms with van der Waals surface area (Å²) in [7, 11) is 1.81. The molecule has 1 N–H and O–H groups in total. The largest absolute Gasteiger partial charge is 0.438 e. The van der Waals surface area contributed by atoms with Crippen molar-refractivity contribution in [2.24, 2.45) is 0 Å². The van der Waals surface area contributed by atoms with E-state index in [-0.39, 0.29) is 0 Å². The standard InChI is InChI=1S/C16H17N3OS/c1-4-11-9-12-14(18-16(17-3)19-15(12)21-11)20-13-8-6-5-7-10(13)2/h5-9H,4H2,1-3H3,(H,17,18,19). The average molecular weight is 299 g/mol. The minimum atomic E-state index is 0.579. The van der Waals surface area contributed by atoms with Crippen LogP contribution in [0.1, 0.15) is 17.4 Å². The van der Waals surface area contributed by atoms with Crippen molar-refractivity contribution in [2.75, 3.05) is 12.4 Å². The van der Waals surface area contributed by atoms with Crippen molar-refractivity contribution in [1.82, 2.24) is 9.97 Å². The number of thiophene rings is 1. The van der Waals surface area contributed by atoms with Gasteiger partial charge in [0.25, 0.3) is 0 Å². The number of nitrogens with zero attached hydrogens (tertiary/aromatic N) is 2. The highest BCUT2D eigenvalue weighted by atomic mass is 32.1. The van der Waals surface area contributed by atoms with Crippen LogP contribution in [0.15, 0.2) is 30.3 Å². The molecule has 0 saturated carbocycles. The van der Waals surface area contributed by atoms with Gasteiger partial charge in [-0.1, -0.05) is 25.1 Å². The molecule has 108 valence electrons. The summed E-state index contributed by atoms with van der Waals surface area (Å²) in [4.78, 5) is 11.2. The number of hydrogen-bond acceptors (Lipinski definition) is 5. The Morgan fingerprint density at radius 2 is 2.05 bits per heavy atom. The van der Waals surface area contributed by atoms with E-state index in [0.29, 0.717) is 11.8 Å². The van der Waals surface area contributed by atoms with Crippen LogP contribution in [0.5, 0.6) is 11.6 Å².